The second-order valence-corrected chi connectivity index (χ2v) is 5.22. The Kier molecular flexibility index (Phi) is 2.96. The maximum absolute atomic E-state index is 14.0. The molecule has 0 aliphatic carbocycles. The van der Waals surface area contributed by atoms with Gasteiger partial charge < -0.3 is 4.90 Å². The molecule has 106 valence electrons. The van der Waals surface area contributed by atoms with Gasteiger partial charge in [0.1, 0.15) is 24.2 Å². The summed E-state index contributed by atoms with van der Waals surface area (Å²) in [6, 6.07) is 1.50. The highest BCUT2D eigenvalue weighted by atomic mass is 19.1. The molecule has 1 aromatic rings. The molecule has 4 nitrogen and oxygen atoms in total. The smallest absolute Gasteiger partial charge is 0.250 e. The third-order valence-electron chi connectivity index (χ3n) is 3.94. The number of carbonyl (C=O) groups excluding carboxylic acids is 2. The van der Waals surface area contributed by atoms with Gasteiger partial charge in [0.25, 0.3) is 0 Å². The first-order chi connectivity index (χ1) is 9.49. The molecule has 0 bridgehead atoms. The highest BCUT2D eigenvalue weighted by molar-refractivity contribution is 6.06. The normalized spacial score (nSPS) is 22.4. The predicted molar refractivity (Wildman–Crippen MR) is 68.2 cm³/mol. The zero-order chi connectivity index (χ0) is 14.4. The molecular weight excluding hydrogens is 266 g/mol. The van der Waals surface area contributed by atoms with Crippen molar-refractivity contribution in [2.45, 2.75) is 25.8 Å². The van der Waals surface area contributed by atoms with E-state index in [0.717, 1.165) is 23.5 Å². The van der Waals surface area contributed by atoms with Gasteiger partial charge in [0, 0.05) is 12.6 Å². The molecule has 2 saturated heterocycles. The monoisotopic (exact) mass is 280 g/mol. The minimum absolute atomic E-state index is 0.155. The van der Waals surface area contributed by atoms with Crippen LogP contribution in [0.4, 0.5) is 14.5 Å². The molecule has 0 radical (unpaired) electrons. The summed E-state index contributed by atoms with van der Waals surface area (Å²) in [5.41, 5.74) is 0.0162. The third-order valence-corrected chi connectivity index (χ3v) is 3.94. The Balaban J connectivity index is 2.00. The van der Waals surface area contributed by atoms with E-state index in [-0.39, 0.29) is 29.6 Å². The Hall–Kier alpha value is -1.98. The van der Waals surface area contributed by atoms with Crippen molar-refractivity contribution in [1.29, 1.82) is 0 Å². The van der Waals surface area contributed by atoms with Gasteiger partial charge in [0.05, 0.1) is 5.69 Å². The Morgan fingerprint density at radius 3 is 2.70 bits per heavy atom. The number of aryl methyl sites for hydroxylation is 1. The largest absolute Gasteiger partial charge is 0.329 e. The van der Waals surface area contributed by atoms with Gasteiger partial charge in [-0.3, -0.25) is 14.5 Å². The lowest BCUT2D eigenvalue weighted by atomic mass is 10.1. The molecule has 20 heavy (non-hydrogen) atoms. The summed E-state index contributed by atoms with van der Waals surface area (Å²) in [5, 5.41) is 0. The van der Waals surface area contributed by atoms with Crippen molar-refractivity contribution in [1.82, 2.24) is 4.90 Å². The number of nitrogens with zero attached hydrogens (tertiary/aromatic N) is 2. The summed E-state index contributed by atoms with van der Waals surface area (Å²) >= 11 is 0. The molecule has 2 aliphatic heterocycles. The van der Waals surface area contributed by atoms with Crippen LogP contribution in [0.1, 0.15) is 18.4 Å². The van der Waals surface area contributed by atoms with Gasteiger partial charge in [-0.15, -0.1) is 0 Å². The van der Waals surface area contributed by atoms with E-state index in [9.17, 15) is 18.4 Å². The summed E-state index contributed by atoms with van der Waals surface area (Å²) in [4.78, 5) is 26.9. The molecule has 2 heterocycles. The molecule has 0 spiro atoms. The van der Waals surface area contributed by atoms with Gasteiger partial charge in [0.15, 0.2) is 0 Å². The fraction of sp³-hybridized carbons (Fsp3) is 0.429. The lowest BCUT2D eigenvalue weighted by Gasteiger charge is -2.36. The number of hydrogen-bond acceptors (Lipinski definition) is 2. The van der Waals surface area contributed by atoms with Gasteiger partial charge in [0.2, 0.25) is 11.8 Å². The summed E-state index contributed by atoms with van der Waals surface area (Å²) in [5.74, 6) is -1.82. The van der Waals surface area contributed by atoms with Crippen LogP contribution in [0.2, 0.25) is 0 Å². The summed E-state index contributed by atoms with van der Waals surface area (Å²) < 4.78 is 27.6. The van der Waals surface area contributed by atoms with Crippen molar-refractivity contribution in [3.05, 3.63) is 29.3 Å². The number of benzene rings is 1. The zero-order valence-electron chi connectivity index (χ0n) is 11.0. The van der Waals surface area contributed by atoms with Crippen LogP contribution in [0.15, 0.2) is 12.1 Å². The first-order valence-electron chi connectivity index (χ1n) is 6.55. The van der Waals surface area contributed by atoms with Gasteiger partial charge in [-0.1, -0.05) is 0 Å². The quantitative estimate of drug-likeness (QED) is 0.784. The van der Waals surface area contributed by atoms with Crippen LogP contribution in [0.25, 0.3) is 0 Å². The average molecular weight is 280 g/mol. The van der Waals surface area contributed by atoms with Crippen molar-refractivity contribution < 1.29 is 18.4 Å². The third kappa shape index (κ3) is 1.87. The lowest BCUT2D eigenvalue weighted by Crippen LogP contribution is -2.57. The number of piperazine rings is 1. The van der Waals surface area contributed by atoms with Crippen molar-refractivity contribution in [2.75, 3.05) is 18.0 Å². The minimum atomic E-state index is -0.684. The summed E-state index contributed by atoms with van der Waals surface area (Å²) in [6.45, 7) is 1.78. The lowest BCUT2D eigenvalue weighted by molar-refractivity contribution is -0.140. The molecule has 6 heteroatoms. The van der Waals surface area contributed by atoms with Gasteiger partial charge >= 0.3 is 0 Å². The van der Waals surface area contributed by atoms with E-state index in [4.69, 9.17) is 0 Å². The molecule has 3 rings (SSSR count). The number of anilines is 1. The maximum atomic E-state index is 14.0. The number of carbonyl (C=O) groups is 2. The van der Waals surface area contributed by atoms with E-state index >= 15 is 0 Å². The fourth-order valence-corrected chi connectivity index (χ4v) is 2.85. The Bertz CT molecular complexity index is 603. The topological polar surface area (TPSA) is 40.6 Å². The van der Waals surface area contributed by atoms with Crippen LogP contribution in [-0.2, 0) is 9.59 Å². The van der Waals surface area contributed by atoms with Crippen LogP contribution in [0.5, 0.6) is 0 Å². The first-order valence-corrected chi connectivity index (χ1v) is 6.55. The molecule has 2 fully saturated rings. The second-order valence-electron chi connectivity index (χ2n) is 5.22. The summed E-state index contributed by atoms with van der Waals surface area (Å²) in [6.07, 6.45) is 1.35. The van der Waals surface area contributed by atoms with Crippen molar-refractivity contribution in [2.24, 2.45) is 0 Å². The van der Waals surface area contributed by atoms with Crippen molar-refractivity contribution in [3.63, 3.8) is 0 Å². The Labute approximate surface area is 115 Å². The van der Waals surface area contributed by atoms with Gasteiger partial charge in [-0.05, 0) is 31.4 Å². The van der Waals surface area contributed by atoms with Crippen molar-refractivity contribution >= 4 is 17.5 Å². The van der Waals surface area contributed by atoms with Crippen LogP contribution >= 0.6 is 0 Å². The number of hydrogen-bond donors (Lipinski definition) is 0. The van der Waals surface area contributed by atoms with Crippen LogP contribution in [0, 0.1) is 18.6 Å². The Morgan fingerprint density at radius 1 is 1.20 bits per heavy atom. The zero-order valence-corrected chi connectivity index (χ0v) is 11.0. The molecule has 2 amide bonds. The number of fused-ring (bicyclic) bond motifs is 1. The molecule has 1 aromatic carbocycles. The van der Waals surface area contributed by atoms with E-state index < -0.39 is 17.7 Å². The van der Waals surface area contributed by atoms with Crippen molar-refractivity contribution in [3.8, 4) is 0 Å². The SMILES string of the molecule is Cc1cc(F)c(N2CC(=O)N3CCCC3C2=O)cc1F. The molecule has 0 saturated carbocycles. The molecular formula is C14H14F2N2O2. The molecule has 1 atom stereocenters. The molecule has 0 aromatic heterocycles. The van der Waals surface area contributed by atoms with Crippen LogP contribution in [-0.4, -0.2) is 35.8 Å². The predicted octanol–water partition coefficient (Wildman–Crippen LogP) is 1.61. The second kappa shape index (κ2) is 4.54. The number of rotatable bonds is 1. The average Bonchev–Trinajstić information content (AvgIpc) is 2.88. The summed E-state index contributed by atoms with van der Waals surface area (Å²) in [7, 11) is 0. The van der Waals surface area contributed by atoms with Gasteiger partial charge in [-0.25, -0.2) is 8.78 Å². The Morgan fingerprint density at radius 2 is 1.95 bits per heavy atom. The molecule has 0 N–H and O–H groups in total. The fourth-order valence-electron chi connectivity index (χ4n) is 2.85. The first kappa shape index (κ1) is 13.0. The van der Waals surface area contributed by atoms with Crippen LogP contribution < -0.4 is 4.90 Å². The van der Waals surface area contributed by atoms with Crippen LogP contribution in [0.3, 0.4) is 0 Å². The van der Waals surface area contributed by atoms with Gasteiger partial charge in [-0.2, -0.15) is 0 Å². The van der Waals surface area contributed by atoms with E-state index in [0.29, 0.717) is 13.0 Å². The molecule has 1 unspecified atom stereocenters. The minimum Gasteiger partial charge on any atom is -0.329 e. The number of amides is 2. The van der Waals surface area contributed by atoms with E-state index in [2.05, 4.69) is 0 Å². The highest BCUT2D eigenvalue weighted by Gasteiger charge is 2.43. The van der Waals surface area contributed by atoms with E-state index in [1.165, 1.54) is 11.8 Å². The maximum Gasteiger partial charge on any atom is 0.250 e. The van der Waals surface area contributed by atoms with E-state index in [1.54, 1.807) is 0 Å². The molecule has 2 aliphatic rings. The van der Waals surface area contributed by atoms with E-state index in [1.807, 2.05) is 0 Å². The standard InChI is InChI=1S/C14H14F2N2O2/c1-8-5-10(16)12(6-9(8)15)18-7-13(19)17-4-2-3-11(17)14(18)20/h5-6,11H,2-4,7H2,1H3. The highest BCUT2D eigenvalue weighted by Crippen LogP contribution is 2.30. The number of halogens is 2.